The van der Waals surface area contributed by atoms with Gasteiger partial charge in [-0.3, -0.25) is 9.69 Å². The molecule has 1 unspecified atom stereocenters. The van der Waals surface area contributed by atoms with Crippen LogP contribution in [-0.4, -0.2) is 29.9 Å². The third-order valence-corrected chi connectivity index (χ3v) is 5.27. The molecular formula is C21H21N3O. The Morgan fingerprint density at radius 2 is 1.88 bits per heavy atom. The second-order valence-electron chi connectivity index (χ2n) is 6.71. The summed E-state index contributed by atoms with van der Waals surface area (Å²) in [5.41, 5.74) is 4.66. The average Bonchev–Trinajstić information content (AvgIpc) is 3.16. The van der Waals surface area contributed by atoms with Crippen LogP contribution in [0.4, 0.5) is 5.69 Å². The van der Waals surface area contributed by atoms with Crippen molar-refractivity contribution < 1.29 is 4.79 Å². The molecule has 126 valence electrons. The molecule has 25 heavy (non-hydrogen) atoms. The Kier molecular flexibility index (Phi) is 4.15. The predicted octanol–water partition coefficient (Wildman–Crippen LogP) is 3.58. The van der Waals surface area contributed by atoms with Crippen molar-refractivity contribution in [3.05, 3.63) is 54.1 Å². The highest BCUT2D eigenvalue weighted by molar-refractivity contribution is 5.99. The van der Waals surface area contributed by atoms with E-state index in [2.05, 4.69) is 24.4 Å². The minimum Gasteiger partial charge on any atom is -0.310 e. The number of likely N-dealkylation sites (tertiary alicyclic amines) is 1. The van der Waals surface area contributed by atoms with Crippen LogP contribution in [0.1, 0.15) is 24.8 Å². The number of fused-ring (bicyclic) bond motifs is 1. The van der Waals surface area contributed by atoms with E-state index >= 15 is 0 Å². The highest BCUT2D eigenvalue weighted by atomic mass is 16.2. The Labute approximate surface area is 148 Å². The summed E-state index contributed by atoms with van der Waals surface area (Å²) in [5.74, 6) is 0.0743. The number of nitriles is 1. The standard InChI is InChI=1S/C21H21N3O/c22-15-23-13-6-12-20(23)21(25)24-14-5-10-18-17(9-4-11-19(18)24)16-7-2-1-3-8-16/h1-4,7-9,11,20H,5-6,10,12-14H2. The molecule has 0 aliphatic carbocycles. The molecule has 4 heteroatoms. The summed E-state index contributed by atoms with van der Waals surface area (Å²) in [6, 6.07) is 16.3. The van der Waals surface area contributed by atoms with Gasteiger partial charge < -0.3 is 4.90 Å². The summed E-state index contributed by atoms with van der Waals surface area (Å²) in [7, 11) is 0. The van der Waals surface area contributed by atoms with Crippen LogP contribution in [0.15, 0.2) is 48.5 Å². The number of carbonyl (C=O) groups excluding carboxylic acids is 1. The minimum atomic E-state index is -0.295. The van der Waals surface area contributed by atoms with Crippen molar-refractivity contribution >= 4 is 11.6 Å². The smallest absolute Gasteiger partial charge is 0.250 e. The average molecular weight is 331 g/mol. The zero-order valence-electron chi connectivity index (χ0n) is 14.2. The number of benzene rings is 2. The van der Waals surface area contributed by atoms with Crippen molar-refractivity contribution in [3.8, 4) is 17.3 Å². The van der Waals surface area contributed by atoms with Gasteiger partial charge in [-0.2, -0.15) is 5.26 Å². The van der Waals surface area contributed by atoms with Gasteiger partial charge in [0.05, 0.1) is 0 Å². The number of rotatable bonds is 2. The van der Waals surface area contributed by atoms with Crippen LogP contribution in [0, 0.1) is 11.5 Å². The first-order valence-electron chi connectivity index (χ1n) is 8.94. The SMILES string of the molecule is N#CN1CCCC1C(=O)N1CCCc2c(-c3ccccc3)cccc21. The van der Waals surface area contributed by atoms with E-state index in [1.54, 1.807) is 4.90 Å². The Bertz CT molecular complexity index is 825. The summed E-state index contributed by atoms with van der Waals surface area (Å²) in [6.45, 7) is 1.43. The second-order valence-corrected chi connectivity index (χ2v) is 6.71. The Balaban J connectivity index is 1.71. The van der Waals surface area contributed by atoms with Crippen LogP contribution in [0.3, 0.4) is 0 Å². The van der Waals surface area contributed by atoms with Crippen molar-refractivity contribution in [1.82, 2.24) is 4.90 Å². The van der Waals surface area contributed by atoms with Crippen LogP contribution in [0.25, 0.3) is 11.1 Å². The summed E-state index contributed by atoms with van der Waals surface area (Å²) in [5, 5.41) is 9.28. The predicted molar refractivity (Wildman–Crippen MR) is 97.9 cm³/mol. The maximum Gasteiger partial charge on any atom is 0.250 e. The van der Waals surface area contributed by atoms with Crippen LogP contribution in [-0.2, 0) is 11.2 Å². The van der Waals surface area contributed by atoms with Crippen LogP contribution in [0.2, 0.25) is 0 Å². The summed E-state index contributed by atoms with van der Waals surface area (Å²) in [6.07, 6.45) is 5.81. The molecule has 0 radical (unpaired) electrons. The van der Waals surface area contributed by atoms with Gasteiger partial charge in [0.25, 0.3) is 0 Å². The van der Waals surface area contributed by atoms with Gasteiger partial charge >= 0.3 is 0 Å². The van der Waals surface area contributed by atoms with Crippen LogP contribution < -0.4 is 4.90 Å². The Morgan fingerprint density at radius 3 is 2.68 bits per heavy atom. The lowest BCUT2D eigenvalue weighted by Gasteiger charge is -2.33. The fourth-order valence-corrected chi connectivity index (χ4v) is 4.06. The number of hydrogen-bond donors (Lipinski definition) is 0. The first-order chi connectivity index (χ1) is 12.3. The monoisotopic (exact) mass is 331 g/mol. The first-order valence-corrected chi connectivity index (χ1v) is 8.94. The van der Waals surface area contributed by atoms with E-state index in [9.17, 15) is 10.1 Å². The molecule has 1 amide bonds. The fourth-order valence-electron chi connectivity index (χ4n) is 4.06. The molecule has 1 atom stereocenters. The zero-order chi connectivity index (χ0) is 17.2. The maximum atomic E-state index is 13.1. The lowest BCUT2D eigenvalue weighted by atomic mass is 9.91. The Morgan fingerprint density at radius 1 is 1.04 bits per heavy atom. The number of anilines is 1. The fraction of sp³-hybridized carbons (Fsp3) is 0.333. The molecule has 4 nitrogen and oxygen atoms in total. The molecule has 0 aromatic heterocycles. The van der Waals surface area contributed by atoms with Crippen molar-refractivity contribution in [2.75, 3.05) is 18.0 Å². The first kappa shape index (κ1) is 15.7. The number of nitrogens with zero attached hydrogens (tertiary/aromatic N) is 3. The Hall–Kier alpha value is -2.80. The number of carbonyl (C=O) groups is 1. The third kappa shape index (κ3) is 2.76. The van der Waals surface area contributed by atoms with Gasteiger partial charge in [-0.1, -0.05) is 42.5 Å². The van der Waals surface area contributed by atoms with Gasteiger partial charge in [-0.25, -0.2) is 0 Å². The van der Waals surface area contributed by atoms with Crippen molar-refractivity contribution in [3.63, 3.8) is 0 Å². The molecule has 0 N–H and O–H groups in total. The molecule has 0 spiro atoms. The van der Waals surface area contributed by atoms with Crippen molar-refractivity contribution in [2.45, 2.75) is 31.7 Å². The second kappa shape index (κ2) is 6.60. The largest absolute Gasteiger partial charge is 0.310 e. The maximum absolute atomic E-state index is 13.1. The van der Waals surface area contributed by atoms with E-state index in [-0.39, 0.29) is 11.9 Å². The van der Waals surface area contributed by atoms with E-state index < -0.39 is 0 Å². The molecule has 1 saturated heterocycles. The lowest BCUT2D eigenvalue weighted by Crippen LogP contribution is -2.46. The van der Waals surface area contributed by atoms with E-state index in [0.29, 0.717) is 6.54 Å². The van der Waals surface area contributed by atoms with Gasteiger partial charge in [0.2, 0.25) is 5.91 Å². The van der Waals surface area contributed by atoms with Gasteiger partial charge in [-0.05, 0) is 48.4 Å². The van der Waals surface area contributed by atoms with Crippen LogP contribution in [0.5, 0.6) is 0 Å². The van der Waals surface area contributed by atoms with Crippen molar-refractivity contribution in [2.24, 2.45) is 0 Å². The topological polar surface area (TPSA) is 47.3 Å². The molecule has 2 aliphatic rings. The van der Waals surface area contributed by atoms with Crippen LogP contribution >= 0.6 is 0 Å². The van der Waals surface area contributed by atoms with E-state index in [1.807, 2.05) is 35.2 Å². The molecule has 1 fully saturated rings. The summed E-state index contributed by atoms with van der Waals surface area (Å²) in [4.78, 5) is 16.7. The molecule has 2 aromatic carbocycles. The normalized spacial score (nSPS) is 19.4. The number of hydrogen-bond acceptors (Lipinski definition) is 3. The number of amides is 1. The van der Waals surface area contributed by atoms with E-state index in [0.717, 1.165) is 37.9 Å². The van der Waals surface area contributed by atoms with Gasteiger partial charge in [0, 0.05) is 18.8 Å². The molecular weight excluding hydrogens is 310 g/mol. The minimum absolute atomic E-state index is 0.0743. The molecule has 2 aliphatic heterocycles. The summed E-state index contributed by atoms with van der Waals surface area (Å²) < 4.78 is 0. The summed E-state index contributed by atoms with van der Waals surface area (Å²) >= 11 is 0. The lowest BCUT2D eigenvalue weighted by molar-refractivity contribution is -0.122. The zero-order valence-corrected chi connectivity index (χ0v) is 14.2. The third-order valence-electron chi connectivity index (χ3n) is 5.27. The van der Waals surface area contributed by atoms with Gasteiger partial charge in [0.15, 0.2) is 6.19 Å². The van der Waals surface area contributed by atoms with Crippen molar-refractivity contribution in [1.29, 1.82) is 5.26 Å². The van der Waals surface area contributed by atoms with Gasteiger partial charge in [-0.15, -0.1) is 0 Å². The molecule has 0 saturated carbocycles. The van der Waals surface area contributed by atoms with E-state index in [4.69, 9.17) is 0 Å². The molecule has 0 bridgehead atoms. The molecule has 2 aromatic rings. The van der Waals surface area contributed by atoms with E-state index in [1.165, 1.54) is 16.7 Å². The quantitative estimate of drug-likeness (QED) is 0.790. The molecule has 4 rings (SSSR count). The highest BCUT2D eigenvalue weighted by Crippen LogP contribution is 2.36. The molecule has 2 heterocycles. The van der Waals surface area contributed by atoms with Gasteiger partial charge in [0.1, 0.15) is 6.04 Å². The highest BCUT2D eigenvalue weighted by Gasteiger charge is 2.35.